The number of nitrogens with one attached hydrogen (secondary N) is 1. The SMILES string of the molecule is CCC(C)(O)P(=O)(O)O[C@](C)(CC)C[C@H]1O[C@@H](n2cc3cc(C)[nH]c3nc2=O)[C@H](O)C1O. The summed E-state index contributed by atoms with van der Waals surface area (Å²) in [6.45, 7) is 7.91. The fourth-order valence-corrected chi connectivity index (χ4v) is 5.12. The number of H-pyrrole nitrogens is 1. The first-order chi connectivity index (χ1) is 14.7. The Labute approximate surface area is 185 Å². The monoisotopic (exact) mass is 473 g/mol. The van der Waals surface area contributed by atoms with Gasteiger partial charge in [-0.3, -0.25) is 9.13 Å². The number of hydrogen-bond acceptors (Lipinski definition) is 8. The second-order valence-electron chi connectivity index (χ2n) is 8.92. The Hall–Kier alpha value is -1.59. The molecule has 0 spiro atoms. The smallest absolute Gasteiger partial charge is 0.359 e. The average Bonchev–Trinajstić information content (AvgIpc) is 3.19. The highest BCUT2D eigenvalue weighted by molar-refractivity contribution is 7.54. The highest BCUT2D eigenvalue weighted by Crippen LogP contribution is 2.59. The first kappa shape index (κ1) is 25.0. The summed E-state index contributed by atoms with van der Waals surface area (Å²) in [7, 11) is -4.44. The van der Waals surface area contributed by atoms with Crippen LogP contribution in [0, 0.1) is 6.92 Å². The van der Waals surface area contributed by atoms with Crippen LogP contribution in [0.5, 0.6) is 0 Å². The lowest BCUT2D eigenvalue weighted by atomic mass is 9.93. The quantitative estimate of drug-likeness (QED) is 0.357. The van der Waals surface area contributed by atoms with Crippen LogP contribution in [-0.4, -0.2) is 64.0 Å². The van der Waals surface area contributed by atoms with E-state index in [-0.39, 0.29) is 19.3 Å². The van der Waals surface area contributed by atoms with Gasteiger partial charge in [0.05, 0.1) is 11.7 Å². The molecule has 32 heavy (non-hydrogen) atoms. The predicted octanol–water partition coefficient (Wildman–Crippen LogP) is 1.53. The standard InChI is InChI=1S/C20H32N3O8P/c1-6-19(4,31-32(28,29)20(5,27)7-2)9-13-14(24)15(25)17(30-13)23-10-12-8-11(3)21-16(12)22-18(23)26/h8,10,13-15,17,24-25,27H,6-7,9H2,1-5H3,(H,28,29)(H,21,22,26)/t13-,14?,15-,17-,19-,20?/m1/s1. The normalized spacial score (nSPS) is 29.5. The summed E-state index contributed by atoms with van der Waals surface area (Å²) in [4.78, 5) is 29.8. The minimum atomic E-state index is -4.44. The van der Waals surface area contributed by atoms with Crippen molar-refractivity contribution in [1.29, 1.82) is 0 Å². The van der Waals surface area contributed by atoms with Crippen LogP contribution in [0.15, 0.2) is 17.1 Å². The number of aryl methyl sites for hydroxylation is 1. The highest BCUT2D eigenvalue weighted by atomic mass is 31.2. The van der Waals surface area contributed by atoms with Gasteiger partial charge in [0.2, 0.25) is 0 Å². The summed E-state index contributed by atoms with van der Waals surface area (Å²) in [5, 5.41) is 30.2. The van der Waals surface area contributed by atoms with Crippen LogP contribution in [0.25, 0.3) is 11.0 Å². The molecule has 2 aromatic heterocycles. The fourth-order valence-electron chi connectivity index (χ4n) is 3.72. The van der Waals surface area contributed by atoms with E-state index in [2.05, 4.69) is 9.97 Å². The molecule has 3 heterocycles. The molecular formula is C20H32N3O8P. The highest BCUT2D eigenvalue weighted by Gasteiger charge is 2.50. The lowest BCUT2D eigenvalue weighted by Gasteiger charge is -2.37. The van der Waals surface area contributed by atoms with Crippen LogP contribution in [0.3, 0.4) is 0 Å². The molecule has 180 valence electrons. The van der Waals surface area contributed by atoms with Gasteiger partial charge < -0.3 is 34.5 Å². The number of nitrogens with zero attached hydrogens (tertiary/aromatic N) is 2. The Morgan fingerprint density at radius 3 is 2.53 bits per heavy atom. The number of aromatic nitrogens is 3. The number of hydrogen-bond donors (Lipinski definition) is 5. The third-order valence-corrected chi connectivity index (χ3v) is 8.50. The molecule has 0 saturated carbocycles. The molecule has 1 saturated heterocycles. The number of ether oxygens (including phenoxy) is 1. The molecule has 1 fully saturated rings. The van der Waals surface area contributed by atoms with Gasteiger partial charge in [-0.15, -0.1) is 0 Å². The van der Waals surface area contributed by atoms with Crippen LogP contribution < -0.4 is 5.69 Å². The van der Waals surface area contributed by atoms with Crippen LogP contribution >= 0.6 is 7.60 Å². The van der Waals surface area contributed by atoms with Gasteiger partial charge >= 0.3 is 13.3 Å². The van der Waals surface area contributed by atoms with E-state index in [9.17, 15) is 29.6 Å². The Bertz CT molecular complexity index is 1080. The molecule has 0 radical (unpaired) electrons. The molecule has 0 bridgehead atoms. The largest absolute Gasteiger partial charge is 0.388 e. The number of aromatic amines is 1. The molecule has 3 rings (SSSR count). The third-order valence-electron chi connectivity index (χ3n) is 6.28. The van der Waals surface area contributed by atoms with Crippen molar-refractivity contribution in [3.8, 4) is 0 Å². The zero-order chi connectivity index (χ0) is 24.1. The van der Waals surface area contributed by atoms with Crippen LogP contribution in [0.1, 0.15) is 58.9 Å². The Morgan fingerprint density at radius 2 is 1.94 bits per heavy atom. The van der Waals surface area contributed by atoms with Gasteiger partial charge in [-0.05, 0) is 39.7 Å². The van der Waals surface area contributed by atoms with Gasteiger partial charge in [-0.1, -0.05) is 13.8 Å². The van der Waals surface area contributed by atoms with Gasteiger partial charge in [0.15, 0.2) is 11.6 Å². The third kappa shape index (κ3) is 4.56. The van der Waals surface area contributed by atoms with E-state index in [0.29, 0.717) is 11.0 Å². The van der Waals surface area contributed by atoms with E-state index in [1.807, 2.05) is 6.92 Å². The topological polar surface area (TPSA) is 167 Å². The first-order valence-corrected chi connectivity index (χ1v) is 12.2. The van der Waals surface area contributed by atoms with Crippen molar-refractivity contribution in [3.63, 3.8) is 0 Å². The van der Waals surface area contributed by atoms with E-state index in [0.717, 1.165) is 10.3 Å². The molecule has 0 aliphatic carbocycles. The predicted molar refractivity (Wildman–Crippen MR) is 116 cm³/mol. The summed E-state index contributed by atoms with van der Waals surface area (Å²) in [5.41, 5.74) is -0.705. The number of rotatable bonds is 8. The lowest BCUT2D eigenvalue weighted by molar-refractivity contribution is -0.0712. The molecule has 12 heteroatoms. The van der Waals surface area contributed by atoms with Crippen LogP contribution in [-0.2, 0) is 13.8 Å². The summed E-state index contributed by atoms with van der Waals surface area (Å²) >= 11 is 0. The number of fused-ring (bicyclic) bond motifs is 1. The molecule has 2 aromatic rings. The Kier molecular flexibility index (Phi) is 6.76. The van der Waals surface area contributed by atoms with Gasteiger partial charge in [0.25, 0.3) is 0 Å². The van der Waals surface area contributed by atoms with E-state index in [1.165, 1.54) is 13.1 Å². The molecule has 1 aliphatic heterocycles. The van der Waals surface area contributed by atoms with E-state index < -0.39 is 48.8 Å². The first-order valence-electron chi connectivity index (χ1n) is 10.6. The molecule has 5 N–H and O–H groups in total. The number of aliphatic hydroxyl groups is 3. The minimum absolute atomic E-state index is 0.000930. The second kappa shape index (κ2) is 8.64. The summed E-state index contributed by atoms with van der Waals surface area (Å²) in [5.74, 6) is 0. The zero-order valence-electron chi connectivity index (χ0n) is 18.8. The summed E-state index contributed by atoms with van der Waals surface area (Å²) in [6, 6.07) is 1.79. The maximum atomic E-state index is 12.7. The van der Waals surface area contributed by atoms with Crippen LogP contribution in [0.4, 0.5) is 0 Å². The van der Waals surface area contributed by atoms with Crippen molar-refractivity contribution in [2.24, 2.45) is 0 Å². The maximum absolute atomic E-state index is 12.7. The van der Waals surface area contributed by atoms with Crippen molar-refractivity contribution in [2.45, 2.75) is 89.4 Å². The molecule has 7 atom stereocenters. The van der Waals surface area contributed by atoms with Gasteiger partial charge in [-0.2, -0.15) is 4.98 Å². The molecule has 0 aromatic carbocycles. The van der Waals surface area contributed by atoms with Crippen molar-refractivity contribution < 1.29 is 34.0 Å². The summed E-state index contributed by atoms with van der Waals surface area (Å²) < 4.78 is 25.1. The summed E-state index contributed by atoms with van der Waals surface area (Å²) in [6.07, 6.45) is -3.31. The molecule has 11 nitrogen and oxygen atoms in total. The molecular weight excluding hydrogens is 441 g/mol. The van der Waals surface area contributed by atoms with E-state index >= 15 is 0 Å². The second-order valence-corrected chi connectivity index (χ2v) is 11.1. The lowest BCUT2D eigenvalue weighted by Crippen LogP contribution is -2.40. The Balaban J connectivity index is 1.85. The molecule has 3 unspecified atom stereocenters. The van der Waals surface area contributed by atoms with E-state index in [1.54, 1.807) is 26.8 Å². The van der Waals surface area contributed by atoms with Crippen molar-refractivity contribution in [2.75, 3.05) is 0 Å². The minimum Gasteiger partial charge on any atom is -0.388 e. The van der Waals surface area contributed by atoms with Crippen molar-refractivity contribution in [3.05, 3.63) is 28.4 Å². The van der Waals surface area contributed by atoms with Gasteiger partial charge in [0.1, 0.15) is 17.9 Å². The average molecular weight is 473 g/mol. The zero-order valence-corrected chi connectivity index (χ0v) is 19.7. The maximum Gasteiger partial charge on any atom is 0.359 e. The van der Waals surface area contributed by atoms with Gasteiger partial charge in [-0.25, -0.2) is 4.79 Å². The van der Waals surface area contributed by atoms with Crippen molar-refractivity contribution >= 4 is 18.6 Å². The van der Waals surface area contributed by atoms with E-state index in [4.69, 9.17) is 9.26 Å². The van der Waals surface area contributed by atoms with Crippen LogP contribution in [0.2, 0.25) is 0 Å². The number of aliphatic hydroxyl groups excluding tert-OH is 2. The fraction of sp³-hybridized carbons (Fsp3) is 0.700. The molecule has 1 aliphatic rings. The Morgan fingerprint density at radius 1 is 1.28 bits per heavy atom. The molecule has 0 amide bonds. The van der Waals surface area contributed by atoms with Crippen molar-refractivity contribution in [1.82, 2.24) is 14.5 Å². The van der Waals surface area contributed by atoms with Gasteiger partial charge in [0, 0.05) is 23.7 Å².